The van der Waals surface area contributed by atoms with Crippen LogP contribution < -0.4 is 15.5 Å². The molecule has 6 rings (SSSR count). The van der Waals surface area contributed by atoms with Gasteiger partial charge < -0.3 is 24.4 Å². The Morgan fingerprint density at radius 3 is 2.24 bits per heavy atom. The number of nitrogens with one attached hydrogen (secondary N) is 2. The fourth-order valence-electron chi connectivity index (χ4n) is 6.54. The van der Waals surface area contributed by atoms with E-state index in [-0.39, 0.29) is 29.8 Å². The first kappa shape index (κ1) is 41.9. The van der Waals surface area contributed by atoms with Crippen molar-refractivity contribution in [1.29, 1.82) is 0 Å². The topological polar surface area (TPSA) is 174 Å². The highest BCUT2D eigenvalue weighted by Gasteiger charge is 2.39. The zero-order valence-electron chi connectivity index (χ0n) is 34.3. The Kier molecular flexibility index (Phi) is 11.3. The van der Waals surface area contributed by atoms with Crippen molar-refractivity contribution in [2.75, 3.05) is 29.2 Å². The molecule has 0 saturated heterocycles. The van der Waals surface area contributed by atoms with E-state index in [0.29, 0.717) is 46.1 Å². The van der Waals surface area contributed by atoms with Gasteiger partial charge in [-0.25, -0.2) is 27.8 Å². The molecule has 308 valence electrons. The lowest BCUT2D eigenvalue weighted by Gasteiger charge is -2.29. The number of pyridine rings is 1. The van der Waals surface area contributed by atoms with Gasteiger partial charge >= 0.3 is 18.3 Å². The Labute approximate surface area is 339 Å². The van der Waals surface area contributed by atoms with Crippen LogP contribution in [0.3, 0.4) is 0 Å². The van der Waals surface area contributed by atoms with Crippen LogP contribution in [-0.4, -0.2) is 72.6 Å². The summed E-state index contributed by atoms with van der Waals surface area (Å²) in [5.41, 5.74) is 0.123. The number of amides is 4. The normalized spacial score (nSPS) is 17.6. The highest BCUT2D eigenvalue weighted by Crippen LogP contribution is 2.37. The number of rotatable bonds is 5. The lowest BCUT2D eigenvalue weighted by Crippen LogP contribution is -2.44. The van der Waals surface area contributed by atoms with Crippen LogP contribution in [0.2, 0.25) is 0 Å². The summed E-state index contributed by atoms with van der Waals surface area (Å²) < 4.78 is 44.0. The third kappa shape index (κ3) is 9.52. The average Bonchev–Trinajstić information content (AvgIpc) is 3.98. The summed E-state index contributed by atoms with van der Waals surface area (Å²) in [5.74, 6) is -0.358. The van der Waals surface area contributed by atoms with Crippen molar-refractivity contribution in [3.8, 4) is 0 Å². The van der Waals surface area contributed by atoms with E-state index in [0.717, 1.165) is 10.5 Å². The maximum Gasteiger partial charge on any atom is 0.425 e. The predicted octanol–water partition coefficient (Wildman–Crippen LogP) is 8.50. The number of carbonyl (C=O) groups excluding carboxylic acids is 4. The van der Waals surface area contributed by atoms with Crippen LogP contribution in [0.5, 0.6) is 0 Å². The zero-order valence-corrected chi connectivity index (χ0v) is 35.2. The number of fused-ring (bicyclic) bond motifs is 5. The number of anilines is 3. The molecule has 2 N–H and O–H groups in total. The Balaban J connectivity index is 1.42. The molecule has 1 aliphatic heterocycles. The Bertz CT molecular complexity index is 2350. The standard InChI is InChI=1S/C43H51N5O9S/c1-41(2,3)56-39(51)48(40(52)57-42(4,5)6)36-33-17-13-30(22-26(33)19-20-44-36)45-35-27-11-10-12-29(21-27)43(7,8)25-55-38(50)46-31-14-18-34(58(53,54)32-15-16-32)28(23-31)24-47(9)37(35)49/h10-14,17-23,32,35,45H,15-16,24-25H2,1-9H3,(H,46,50). The van der Waals surface area contributed by atoms with Crippen molar-refractivity contribution in [3.63, 3.8) is 0 Å². The number of imide groups is 1. The summed E-state index contributed by atoms with van der Waals surface area (Å²) in [5, 5.41) is 6.64. The number of ether oxygens (including phenoxy) is 3. The SMILES string of the molecule is CN1Cc2cc(ccc2S(=O)(=O)C2CC2)NC(=O)OCC(C)(C)c2cccc(c2)C(Nc2ccc3c(N(C(=O)OC(C)(C)C)C(=O)OC(C)(C)C)nccc3c2)C1=O. The van der Waals surface area contributed by atoms with Crippen molar-refractivity contribution >= 4 is 62.0 Å². The van der Waals surface area contributed by atoms with E-state index in [1.54, 1.807) is 78.9 Å². The van der Waals surface area contributed by atoms with Crippen molar-refractivity contribution < 1.29 is 41.8 Å². The monoisotopic (exact) mass is 813 g/mol. The van der Waals surface area contributed by atoms with Crippen molar-refractivity contribution in [3.05, 3.63) is 89.6 Å². The lowest BCUT2D eigenvalue weighted by molar-refractivity contribution is -0.131. The van der Waals surface area contributed by atoms with E-state index in [2.05, 4.69) is 15.6 Å². The van der Waals surface area contributed by atoms with Gasteiger partial charge in [0.25, 0.3) is 0 Å². The van der Waals surface area contributed by atoms with Gasteiger partial charge in [0.2, 0.25) is 5.91 Å². The average molecular weight is 814 g/mol. The smallest absolute Gasteiger partial charge is 0.425 e. The summed E-state index contributed by atoms with van der Waals surface area (Å²) >= 11 is 0. The van der Waals surface area contributed by atoms with Gasteiger partial charge in [-0.3, -0.25) is 10.1 Å². The molecule has 1 atom stereocenters. The van der Waals surface area contributed by atoms with E-state index in [1.165, 1.54) is 23.2 Å². The second-order valence-electron chi connectivity index (χ2n) is 17.4. The first-order chi connectivity index (χ1) is 27.0. The van der Waals surface area contributed by atoms with Crippen molar-refractivity contribution in [1.82, 2.24) is 9.88 Å². The summed E-state index contributed by atoms with van der Waals surface area (Å²) in [6.07, 6.45) is -0.0306. The van der Waals surface area contributed by atoms with E-state index in [9.17, 15) is 27.6 Å². The summed E-state index contributed by atoms with van der Waals surface area (Å²) in [6, 6.07) is 17.9. The summed E-state index contributed by atoms with van der Waals surface area (Å²) in [6.45, 7) is 13.9. The van der Waals surface area contributed by atoms with Crippen LogP contribution in [0.15, 0.2) is 77.8 Å². The van der Waals surface area contributed by atoms with Gasteiger partial charge in [0.1, 0.15) is 23.9 Å². The number of nitrogens with zero attached hydrogens (tertiary/aromatic N) is 3. The molecule has 58 heavy (non-hydrogen) atoms. The molecule has 14 nitrogen and oxygen atoms in total. The highest BCUT2D eigenvalue weighted by atomic mass is 32.2. The molecule has 0 spiro atoms. The lowest BCUT2D eigenvalue weighted by atomic mass is 9.84. The van der Waals surface area contributed by atoms with Gasteiger partial charge in [0.05, 0.1) is 10.1 Å². The summed E-state index contributed by atoms with van der Waals surface area (Å²) in [7, 11) is -2.07. The Hall–Kier alpha value is -5.70. The van der Waals surface area contributed by atoms with Crippen LogP contribution in [0, 0.1) is 0 Å². The van der Waals surface area contributed by atoms with Crippen LogP contribution in [0.1, 0.15) is 91.0 Å². The quantitative estimate of drug-likeness (QED) is 0.185. The van der Waals surface area contributed by atoms with Gasteiger partial charge in [-0.05, 0) is 119 Å². The number of aromatic nitrogens is 1. The fraction of sp³-hybridized carbons (Fsp3) is 0.419. The van der Waals surface area contributed by atoms with Crippen LogP contribution in [0.25, 0.3) is 10.8 Å². The van der Waals surface area contributed by atoms with Gasteiger partial charge in [0.15, 0.2) is 15.7 Å². The first-order valence-electron chi connectivity index (χ1n) is 19.1. The number of sulfone groups is 1. The molecule has 4 aromatic rings. The van der Waals surface area contributed by atoms with E-state index in [1.807, 2.05) is 38.1 Å². The summed E-state index contributed by atoms with van der Waals surface area (Å²) in [4.78, 5) is 61.4. The number of cyclic esters (lactones) is 1. The third-order valence-corrected chi connectivity index (χ3v) is 12.0. The second-order valence-corrected chi connectivity index (χ2v) is 19.6. The molecule has 15 heteroatoms. The predicted molar refractivity (Wildman–Crippen MR) is 221 cm³/mol. The maximum atomic E-state index is 14.7. The van der Waals surface area contributed by atoms with Gasteiger partial charge in [-0.15, -0.1) is 0 Å². The number of hydrogen-bond acceptors (Lipinski definition) is 11. The zero-order chi connectivity index (χ0) is 42.4. The minimum absolute atomic E-state index is 0.00146. The van der Waals surface area contributed by atoms with Crippen LogP contribution in [0.4, 0.5) is 31.6 Å². The molecule has 1 fully saturated rings. The molecule has 2 heterocycles. The molecular formula is C43H51N5O9S. The fourth-order valence-corrected chi connectivity index (χ4v) is 8.40. The molecule has 1 aliphatic carbocycles. The Morgan fingerprint density at radius 2 is 1.60 bits per heavy atom. The minimum Gasteiger partial charge on any atom is -0.448 e. The van der Waals surface area contributed by atoms with E-state index < -0.39 is 56.0 Å². The largest absolute Gasteiger partial charge is 0.448 e. The molecule has 4 bridgehead atoms. The third-order valence-electron chi connectivity index (χ3n) is 9.59. The molecule has 3 aromatic carbocycles. The molecule has 2 aliphatic rings. The van der Waals surface area contributed by atoms with Crippen LogP contribution in [-0.2, 0) is 40.8 Å². The van der Waals surface area contributed by atoms with Gasteiger partial charge in [-0.1, -0.05) is 38.1 Å². The van der Waals surface area contributed by atoms with Gasteiger partial charge in [0, 0.05) is 42.0 Å². The Morgan fingerprint density at radius 1 is 0.931 bits per heavy atom. The molecule has 1 unspecified atom stereocenters. The number of likely N-dealkylation sites (N-methyl/N-ethyl adjacent to an activating group) is 1. The van der Waals surface area contributed by atoms with E-state index >= 15 is 0 Å². The number of benzene rings is 3. The van der Waals surface area contributed by atoms with Crippen molar-refractivity contribution in [2.24, 2.45) is 0 Å². The molecule has 1 saturated carbocycles. The van der Waals surface area contributed by atoms with Gasteiger partial charge in [-0.2, -0.15) is 4.90 Å². The van der Waals surface area contributed by atoms with Crippen molar-refractivity contribution in [2.45, 2.75) is 108 Å². The second kappa shape index (κ2) is 15.6. The molecular weight excluding hydrogens is 763 g/mol. The number of carbonyl (C=O) groups is 4. The minimum atomic E-state index is -3.67. The first-order valence-corrected chi connectivity index (χ1v) is 20.6. The van der Waals surface area contributed by atoms with Crippen LogP contribution >= 0.6 is 0 Å². The number of hydrogen-bond donors (Lipinski definition) is 2. The maximum absolute atomic E-state index is 14.7. The highest BCUT2D eigenvalue weighted by molar-refractivity contribution is 7.92. The molecule has 4 amide bonds. The molecule has 0 radical (unpaired) electrons. The molecule has 1 aromatic heterocycles. The van der Waals surface area contributed by atoms with E-state index in [4.69, 9.17) is 14.2 Å².